The van der Waals surface area contributed by atoms with Gasteiger partial charge in [0.1, 0.15) is 10.8 Å². The van der Waals surface area contributed by atoms with E-state index in [1.54, 1.807) is 36.0 Å². The predicted molar refractivity (Wildman–Crippen MR) is 111 cm³/mol. The number of halogens is 2. The zero-order valence-corrected chi connectivity index (χ0v) is 17.8. The molecule has 0 aliphatic carbocycles. The number of benzene rings is 1. The fraction of sp³-hybridized carbons (Fsp3) is 0.222. The van der Waals surface area contributed by atoms with Crippen molar-refractivity contribution >= 4 is 45.2 Å². The summed E-state index contributed by atoms with van der Waals surface area (Å²) in [4.78, 5) is 4.34. The van der Waals surface area contributed by atoms with Gasteiger partial charge >= 0.3 is 0 Å². The van der Waals surface area contributed by atoms with E-state index in [0.717, 1.165) is 5.69 Å². The Labute approximate surface area is 178 Å². The third kappa shape index (κ3) is 4.15. The van der Waals surface area contributed by atoms with Crippen molar-refractivity contribution in [2.45, 2.75) is 26.0 Å². The molecular weight excluding hydrogens is 435 g/mol. The summed E-state index contributed by atoms with van der Waals surface area (Å²) in [6.45, 7) is 3.71. The lowest BCUT2D eigenvalue weighted by Crippen LogP contribution is -2.22. The van der Waals surface area contributed by atoms with Crippen LogP contribution in [0.5, 0.6) is 0 Å². The van der Waals surface area contributed by atoms with Gasteiger partial charge in [0.15, 0.2) is 16.4 Å². The fourth-order valence-electron chi connectivity index (χ4n) is 2.61. The molecule has 0 amide bonds. The molecule has 1 unspecified atom stereocenters. The molecular formula is C18H16ClFN6OS2. The van der Waals surface area contributed by atoms with Crippen molar-refractivity contribution in [1.82, 2.24) is 25.0 Å². The standard InChI is InChI=1S/C18H16ClFN6OS2/c1-10-9-28-15(21-10)18(2,27)16-23-24-17(29-16)22-14-6-7-26(25-14)8-11-12(19)4-3-5-13(11)20/h3-7,9,27H,8H2,1-2H3,(H,22,24,25). The molecule has 150 valence electrons. The Morgan fingerprint density at radius 3 is 2.83 bits per heavy atom. The highest BCUT2D eigenvalue weighted by Gasteiger charge is 2.33. The molecule has 0 aliphatic heterocycles. The normalized spacial score (nSPS) is 13.4. The molecule has 0 fully saturated rings. The maximum atomic E-state index is 14.0. The molecule has 7 nitrogen and oxygen atoms in total. The van der Waals surface area contributed by atoms with Crippen molar-refractivity contribution in [3.05, 3.63) is 68.0 Å². The number of anilines is 2. The lowest BCUT2D eigenvalue weighted by Gasteiger charge is -2.16. The highest BCUT2D eigenvalue weighted by molar-refractivity contribution is 7.15. The Morgan fingerprint density at radius 2 is 2.10 bits per heavy atom. The van der Waals surface area contributed by atoms with Crippen molar-refractivity contribution < 1.29 is 9.50 Å². The Hall–Kier alpha value is -2.40. The van der Waals surface area contributed by atoms with Crippen molar-refractivity contribution in [3.8, 4) is 0 Å². The largest absolute Gasteiger partial charge is 0.376 e. The van der Waals surface area contributed by atoms with E-state index in [-0.39, 0.29) is 12.4 Å². The minimum Gasteiger partial charge on any atom is -0.376 e. The number of nitrogens with zero attached hydrogens (tertiary/aromatic N) is 5. The SMILES string of the molecule is Cc1csc(C(C)(O)c2nnc(Nc3ccn(Cc4c(F)cccc4Cl)n3)s2)n1. The van der Waals surface area contributed by atoms with Crippen LogP contribution >= 0.6 is 34.3 Å². The Morgan fingerprint density at radius 1 is 1.28 bits per heavy atom. The van der Waals surface area contributed by atoms with Crippen molar-refractivity contribution in [3.63, 3.8) is 0 Å². The number of hydrogen-bond donors (Lipinski definition) is 2. The average molecular weight is 451 g/mol. The van der Waals surface area contributed by atoms with Crippen LogP contribution in [0.25, 0.3) is 0 Å². The van der Waals surface area contributed by atoms with Crippen molar-refractivity contribution in [2.75, 3.05) is 5.32 Å². The second kappa shape index (κ2) is 7.79. The van der Waals surface area contributed by atoms with Gasteiger partial charge in [0.25, 0.3) is 0 Å². The third-order valence-corrected chi connectivity index (χ3v) is 6.71. The summed E-state index contributed by atoms with van der Waals surface area (Å²) >= 11 is 8.65. The van der Waals surface area contributed by atoms with E-state index in [9.17, 15) is 9.50 Å². The van der Waals surface area contributed by atoms with Gasteiger partial charge in [-0.2, -0.15) is 5.10 Å². The van der Waals surface area contributed by atoms with Gasteiger partial charge in [-0.25, -0.2) is 9.37 Å². The smallest absolute Gasteiger partial charge is 0.211 e. The van der Waals surface area contributed by atoms with E-state index >= 15 is 0 Å². The molecule has 3 aromatic heterocycles. The van der Waals surface area contributed by atoms with Crippen LogP contribution in [0.2, 0.25) is 5.02 Å². The van der Waals surface area contributed by atoms with Crippen LogP contribution in [0, 0.1) is 12.7 Å². The van der Waals surface area contributed by atoms with E-state index in [1.807, 2.05) is 12.3 Å². The Kier molecular flexibility index (Phi) is 5.34. The highest BCUT2D eigenvalue weighted by atomic mass is 35.5. The molecule has 0 radical (unpaired) electrons. The molecule has 0 saturated heterocycles. The number of nitrogens with one attached hydrogen (secondary N) is 1. The van der Waals surface area contributed by atoms with E-state index in [0.29, 0.717) is 31.6 Å². The summed E-state index contributed by atoms with van der Waals surface area (Å²) in [7, 11) is 0. The van der Waals surface area contributed by atoms with Gasteiger partial charge in [0.05, 0.1) is 6.54 Å². The zero-order valence-electron chi connectivity index (χ0n) is 15.4. The van der Waals surface area contributed by atoms with Gasteiger partial charge in [0.2, 0.25) is 5.13 Å². The molecule has 3 heterocycles. The van der Waals surface area contributed by atoms with E-state index in [2.05, 4.69) is 25.6 Å². The Bertz CT molecular complexity index is 1130. The number of rotatable bonds is 6. The molecule has 0 saturated carbocycles. The summed E-state index contributed by atoms with van der Waals surface area (Å²) in [5.41, 5.74) is -0.109. The van der Waals surface area contributed by atoms with Crippen molar-refractivity contribution in [2.24, 2.45) is 0 Å². The molecule has 1 atom stereocenters. The van der Waals surface area contributed by atoms with Crippen LogP contribution in [0.1, 0.15) is 28.2 Å². The van der Waals surface area contributed by atoms with Crippen LogP contribution in [0.3, 0.4) is 0 Å². The minimum absolute atomic E-state index is 0.201. The van der Waals surface area contributed by atoms with E-state index in [4.69, 9.17) is 11.6 Å². The molecule has 2 N–H and O–H groups in total. The van der Waals surface area contributed by atoms with Gasteiger partial charge in [-0.1, -0.05) is 29.0 Å². The highest BCUT2D eigenvalue weighted by Crippen LogP contribution is 2.35. The number of hydrogen-bond acceptors (Lipinski definition) is 8. The average Bonchev–Trinajstić information content (AvgIpc) is 3.40. The quantitative estimate of drug-likeness (QED) is 0.454. The first-order valence-electron chi connectivity index (χ1n) is 8.55. The van der Waals surface area contributed by atoms with Gasteiger partial charge in [-0.3, -0.25) is 4.68 Å². The van der Waals surface area contributed by atoms with Gasteiger partial charge in [-0.15, -0.1) is 21.5 Å². The first-order valence-corrected chi connectivity index (χ1v) is 10.6. The van der Waals surface area contributed by atoms with Crippen LogP contribution in [-0.2, 0) is 12.1 Å². The predicted octanol–water partition coefficient (Wildman–Crippen LogP) is 4.34. The van der Waals surface area contributed by atoms with Crippen LogP contribution < -0.4 is 5.32 Å². The van der Waals surface area contributed by atoms with Crippen LogP contribution in [-0.4, -0.2) is 30.1 Å². The number of aromatic nitrogens is 5. The zero-order chi connectivity index (χ0) is 20.6. The topological polar surface area (TPSA) is 88.8 Å². The molecule has 0 spiro atoms. The second-order valence-corrected chi connectivity index (χ2v) is 8.75. The Balaban J connectivity index is 1.49. The summed E-state index contributed by atoms with van der Waals surface area (Å²) in [6.07, 6.45) is 1.71. The van der Waals surface area contributed by atoms with Gasteiger partial charge < -0.3 is 10.4 Å². The monoisotopic (exact) mass is 450 g/mol. The molecule has 4 aromatic rings. The summed E-state index contributed by atoms with van der Waals surface area (Å²) in [5, 5.41) is 30.1. The second-order valence-electron chi connectivity index (χ2n) is 6.50. The lowest BCUT2D eigenvalue weighted by atomic mass is 10.1. The molecule has 0 bridgehead atoms. The fourth-order valence-corrected chi connectivity index (χ4v) is 4.55. The summed E-state index contributed by atoms with van der Waals surface area (Å²) in [6, 6.07) is 6.30. The van der Waals surface area contributed by atoms with E-state index < -0.39 is 5.60 Å². The van der Waals surface area contributed by atoms with Gasteiger partial charge in [-0.05, 0) is 26.0 Å². The van der Waals surface area contributed by atoms with Crippen LogP contribution in [0.4, 0.5) is 15.3 Å². The lowest BCUT2D eigenvalue weighted by molar-refractivity contribution is 0.101. The summed E-state index contributed by atoms with van der Waals surface area (Å²) in [5.74, 6) is 0.140. The maximum Gasteiger partial charge on any atom is 0.211 e. The van der Waals surface area contributed by atoms with Crippen LogP contribution in [0.15, 0.2) is 35.8 Å². The molecule has 4 rings (SSSR count). The number of aliphatic hydroxyl groups is 1. The number of thiazole rings is 1. The van der Waals surface area contributed by atoms with Gasteiger partial charge in [0, 0.05) is 33.9 Å². The molecule has 29 heavy (non-hydrogen) atoms. The first kappa shape index (κ1) is 19.9. The molecule has 0 aliphatic rings. The summed E-state index contributed by atoms with van der Waals surface area (Å²) < 4.78 is 15.5. The third-order valence-electron chi connectivity index (χ3n) is 4.13. The van der Waals surface area contributed by atoms with E-state index in [1.165, 1.54) is 28.7 Å². The number of aryl methyl sites for hydroxylation is 1. The maximum absolute atomic E-state index is 14.0. The first-order chi connectivity index (χ1) is 13.8. The van der Waals surface area contributed by atoms with Crippen molar-refractivity contribution in [1.29, 1.82) is 0 Å². The minimum atomic E-state index is -1.32. The molecule has 1 aromatic carbocycles. The molecule has 11 heteroatoms.